The molecular weight excluding hydrogens is 636 g/mol. The highest BCUT2D eigenvalue weighted by Crippen LogP contribution is 2.01. The van der Waals surface area contributed by atoms with Gasteiger partial charge in [0.15, 0.2) is 0 Å². The first-order valence-corrected chi connectivity index (χ1v) is 16.0. The molecule has 0 unspecified atom stereocenters. The van der Waals surface area contributed by atoms with E-state index in [2.05, 4.69) is 6.58 Å². The largest absolute Gasteiger partial charge is 0.460 e. The van der Waals surface area contributed by atoms with E-state index in [0.29, 0.717) is 131 Å². The Bertz CT molecular complexity index is 916. The SMILES string of the molecule is C=CC(=O)OCCOCCOCCOCCOCCOCCOCCOCCOCCOCCOCCOC(=O)C(=O)c1ccccc1. The van der Waals surface area contributed by atoms with Gasteiger partial charge in [-0.05, 0) is 0 Å². The van der Waals surface area contributed by atoms with Gasteiger partial charge in [0.05, 0.1) is 132 Å². The Labute approximate surface area is 282 Å². The second kappa shape index (κ2) is 34.0. The summed E-state index contributed by atoms with van der Waals surface area (Å²) in [5, 5.41) is 0. The zero-order chi connectivity index (χ0) is 34.6. The molecule has 0 aromatic heterocycles. The predicted molar refractivity (Wildman–Crippen MR) is 171 cm³/mol. The van der Waals surface area contributed by atoms with Crippen LogP contribution in [0.2, 0.25) is 0 Å². The normalized spacial score (nSPS) is 11.0. The standard InChI is InChI=1S/C33H52O15/c1-2-31(34)47-28-26-45-24-22-43-20-18-41-16-14-39-12-10-37-8-9-38-11-13-40-15-17-42-19-21-44-23-25-46-27-29-48-33(36)32(35)30-6-4-3-5-7-30/h2-7H,1,8-29H2. The van der Waals surface area contributed by atoms with E-state index in [1.807, 2.05) is 0 Å². The van der Waals surface area contributed by atoms with E-state index in [0.717, 1.165) is 6.08 Å². The zero-order valence-electron chi connectivity index (χ0n) is 27.9. The fourth-order valence-electron chi connectivity index (χ4n) is 3.31. The smallest absolute Gasteiger partial charge is 0.379 e. The van der Waals surface area contributed by atoms with Gasteiger partial charge in [-0.3, -0.25) is 4.79 Å². The lowest BCUT2D eigenvalue weighted by Crippen LogP contribution is -2.20. The van der Waals surface area contributed by atoms with Crippen molar-refractivity contribution >= 4 is 17.7 Å². The molecular formula is C33H52O15. The molecule has 0 atom stereocenters. The van der Waals surface area contributed by atoms with Crippen molar-refractivity contribution in [3.05, 3.63) is 48.6 Å². The monoisotopic (exact) mass is 688 g/mol. The lowest BCUT2D eigenvalue weighted by molar-refractivity contribution is -0.140. The number of carbonyl (C=O) groups excluding carboxylic acids is 3. The molecule has 0 aliphatic heterocycles. The van der Waals surface area contributed by atoms with Crippen molar-refractivity contribution in [1.82, 2.24) is 0 Å². The van der Waals surface area contributed by atoms with Gasteiger partial charge in [-0.1, -0.05) is 36.9 Å². The van der Waals surface area contributed by atoms with Gasteiger partial charge in [-0.25, -0.2) is 9.59 Å². The Morgan fingerprint density at radius 2 is 0.688 bits per heavy atom. The number of rotatable bonds is 36. The molecule has 0 bridgehead atoms. The summed E-state index contributed by atoms with van der Waals surface area (Å²) in [6.07, 6.45) is 1.11. The summed E-state index contributed by atoms with van der Waals surface area (Å²) in [5.74, 6) is -2.05. The quantitative estimate of drug-likeness (QED) is 0.0326. The van der Waals surface area contributed by atoms with Crippen LogP contribution < -0.4 is 0 Å². The highest BCUT2D eigenvalue weighted by atomic mass is 16.6. The summed E-state index contributed by atoms with van der Waals surface area (Å²) in [7, 11) is 0. The average molecular weight is 689 g/mol. The fourth-order valence-corrected chi connectivity index (χ4v) is 3.31. The molecule has 0 spiro atoms. The maximum atomic E-state index is 11.9. The molecule has 0 N–H and O–H groups in total. The molecule has 0 amide bonds. The van der Waals surface area contributed by atoms with Crippen molar-refractivity contribution in [2.45, 2.75) is 0 Å². The van der Waals surface area contributed by atoms with Crippen molar-refractivity contribution in [2.24, 2.45) is 0 Å². The molecule has 1 aromatic rings. The van der Waals surface area contributed by atoms with Gasteiger partial charge in [0.1, 0.15) is 13.2 Å². The molecule has 0 aliphatic carbocycles. The summed E-state index contributed by atoms with van der Waals surface area (Å²) >= 11 is 0. The van der Waals surface area contributed by atoms with E-state index in [9.17, 15) is 14.4 Å². The van der Waals surface area contributed by atoms with Crippen molar-refractivity contribution < 1.29 is 71.2 Å². The maximum absolute atomic E-state index is 11.9. The minimum absolute atomic E-state index is 0.00778. The van der Waals surface area contributed by atoms with E-state index in [4.69, 9.17) is 56.8 Å². The van der Waals surface area contributed by atoms with E-state index >= 15 is 0 Å². The highest BCUT2D eigenvalue weighted by molar-refractivity contribution is 6.40. The van der Waals surface area contributed by atoms with Crippen LogP contribution in [0.5, 0.6) is 0 Å². The van der Waals surface area contributed by atoms with Crippen molar-refractivity contribution in [2.75, 3.05) is 145 Å². The second-order valence-corrected chi connectivity index (χ2v) is 9.33. The average Bonchev–Trinajstić information content (AvgIpc) is 3.11. The van der Waals surface area contributed by atoms with E-state index in [1.165, 1.54) is 0 Å². The van der Waals surface area contributed by atoms with Crippen LogP contribution in [0.3, 0.4) is 0 Å². The van der Waals surface area contributed by atoms with Crippen molar-refractivity contribution in [3.63, 3.8) is 0 Å². The van der Waals surface area contributed by atoms with Gasteiger partial charge >= 0.3 is 11.9 Å². The van der Waals surface area contributed by atoms with Gasteiger partial charge in [-0.15, -0.1) is 0 Å². The summed E-state index contributed by atoms with van der Waals surface area (Å²) in [6.45, 7) is 11.9. The number of esters is 2. The summed E-state index contributed by atoms with van der Waals surface area (Å²) in [5.41, 5.74) is 0.291. The minimum atomic E-state index is -0.902. The Hall–Kier alpha value is -2.83. The molecule has 0 fully saturated rings. The zero-order valence-corrected chi connectivity index (χ0v) is 27.9. The first-order chi connectivity index (χ1) is 23.6. The van der Waals surface area contributed by atoms with E-state index < -0.39 is 17.7 Å². The third kappa shape index (κ3) is 28.2. The molecule has 1 rings (SSSR count). The van der Waals surface area contributed by atoms with Crippen LogP contribution in [0.4, 0.5) is 0 Å². The molecule has 274 valence electrons. The Morgan fingerprint density at radius 3 is 0.979 bits per heavy atom. The first kappa shape index (κ1) is 43.2. The van der Waals surface area contributed by atoms with E-state index in [-0.39, 0.29) is 19.8 Å². The van der Waals surface area contributed by atoms with Gasteiger partial charge in [0.25, 0.3) is 5.78 Å². The summed E-state index contributed by atoms with van der Waals surface area (Å²) in [6, 6.07) is 8.24. The summed E-state index contributed by atoms with van der Waals surface area (Å²) in [4.78, 5) is 34.4. The molecule has 0 heterocycles. The maximum Gasteiger partial charge on any atom is 0.379 e. The van der Waals surface area contributed by atoms with Crippen molar-refractivity contribution in [3.8, 4) is 0 Å². The van der Waals surface area contributed by atoms with Gasteiger partial charge in [0.2, 0.25) is 0 Å². The molecule has 15 heteroatoms. The molecule has 48 heavy (non-hydrogen) atoms. The summed E-state index contributed by atoms with van der Waals surface area (Å²) < 4.78 is 63.7. The van der Waals surface area contributed by atoms with Gasteiger partial charge < -0.3 is 56.8 Å². The van der Waals surface area contributed by atoms with E-state index in [1.54, 1.807) is 30.3 Å². The molecule has 15 nitrogen and oxygen atoms in total. The van der Waals surface area contributed by atoms with Gasteiger partial charge in [-0.2, -0.15) is 0 Å². The first-order valence-electron chi connectivity index (χ1n) is 16.0. The van der Waals surface area contributed by atoms with Crippen LogP contribution in [0.15, 0.2) is 43.0 Å². The lowest BCUT2D eigenvalue weighted by Gasteiger charge is -2.09. The number of ether oxygens (including phenoxy) is 12. The van der Waals surface area contributed by atoms with Crippen LogP contribution in [-0.4, -0.2) is 163 Å². The van der Waals surface area contributed by atoms with Gasteiger partial charge in [0, 0.05) is 11.6 Å². The number of hydrogen-bond acceptors (Lipinski definition) is 15. The number of benzene rings is 1. The minimum Gasteiger partial charge on any atom is -0.460 e. The van der Waals surface area contributed by atoms with Crippen molar-refractivity contribution in [1.29, 1.82) is 0 Å². The Morgan fingerprint density at radius 1 is 0.417 bits per heavy atom. The van der Waals surface area contributed by atoms with Crippen LogP contribution >= 0.6 is 0 Å². The van der Waals surface area contributed by atoms with Crippen LogP contribution in [0.1, 0.15) is 10.4 Å². The topological polar surface area (TPSA) is 162 Å². The third-order valence-corrected chi connectivity index (χ3v) is 5.67. The Kier molecular flexibility index (Phi) is 30.6. The number of carbonyl (C=O) groups is 3. The molecule has 0 saturated carbocycles. The Balaban J connectivity index is 1.66. The van der Waals surface area contributed by atoms with Crippen LogP contribution in [-0.2, 0) is 66.4 Å². The molecule has 1 aromatic carbocycles. The third-order valence-electron chi connectivity index (χ3n) is 5.67. The number of Topliss-reactive ketones (excluding diaryl/α,β-unsaturated/α-hetero) is 1. The highest BCUT2D eigenvalue weighted by Gasteiger charge is 2.17. The molecule has 0 aliphatic rings. The lowest BCUT2D eigenvalue weighted by atomic mass is 10.1. The fraction of sp³-hybridized carbons (Fsp3) is 0.667. The van der Waals surface area contributed by atoms with Crippen LogP contribution in [0, 0.1) is 0 Å². The molecule has 0 saturated heterocycles. The van der Waals surface area contributed by atoms with Crippen LogP contribution in [0.25, 0.3) is 0 Å². The number of ketones is 1. The predicted octanol–water partition coefficient (Wildman–Crippen LogP) is 1.31. The molecule has 0 radical (unpaired) electrons. The number of hydrogen-bond donors (Lipinski definition) is 0. The second-order valence-electron chi connectivity index (χ2n) is 9.33.